The Balaban J connectivity index is 0.000000231. The lowest BCUT2D eigenvalue weighted by molar-refractivity contribution is 0.0599. The van der Waals surface area contributed by atoms with Crippen LogP contribution in [0.15, 0.2) is 48.5 Å². The first kappa shape index (κ1) is 18.0. The molecule has 0 spiro atoms. The van der Waals surface area contributed by atoms with E-state index in [1.54, 1.807) is 43.5 Å². The van der Waals surface area contributed by atoms with Crippen LogP contribution in [0.2, 0.25) is 0 Å². The van der Waals surface area contributed by atoms with E-state index in [1.807, 2.05) is 0 Å². The van der Waals surface area contributed by atoms with Gasteiger partial charge in [0, 0.05) is 0 Å². The normalized spacial score (nSPS) is 9.17. The maximum Gasteiger partial charge on any atom is 0.337 e. The number of benzene rings is 2. The van der Waals surface area contributed by atoms with E-state index in [4.69, 9.17) is 14.6 Å². The third-order valence-electron chi connectivity index (χ3n) is 2.81. The molecule has 0 aliphatic heterocycles. The lowest BCUT2D eigenvalue weighted by Crippen LogP contribution is -2.00. The summed E-state index contributed by atoms with van der Waals surface area (Å²) in [5.74, 6) is -0.0828. The van der Waals surface area contributed by atoms with Crippen molar-refractivity contribution in [3.63, 3.8) is 0 Å². The Hall–Kier alpha value is -3.02. The van der Waals surface area contributed by atoms with E-state index in [0.717, 1.165) is 0 Å². The molecule has 0 unspecified atom stereocenters. The van der Waals surface area contributed by atoms with E-state index in [0.29, 0.717) is 17.1 Å². The van der Waals surface area contributed by atoms with Gasteiger partial charge in [-0.2, -0.15) is 0 Å². The summed E-state index contributed by atoms with van der Waals surface area (Å²) in [5.41, 5.74) is 0.737. The first-order valence-corrected chi connectivity index (χ1v) is 6.61. The van der Waals surface area contributed by atoms with Gasteiger partial charge in [0.1, 0.15) is 11.5 Å². The lowest BCUT2D eigenvalue weighted by atomic mass is 10.2. The second-order valence-corrected chi connectivity index (χ2v) is 4.26. The molecule has 2 aromatic rings. The number of carboxylic acid groups (broad SMARTS) is 1. The van der Waals surface area contributed by atoms with Crippen molar-refractivity contribution in [1.82, 2.24) is 0 Å². The number of rotatable bonds is 4. The second kappa shape index (κ2) is 9.09. The zero-order chi connectivity index (χ0) is 17.2. The zero-order valence-electron chi connectivity index (χ0n) is 13.1. The first-order valence-electron chi connectivity index (χ1n) is 6.61. The van der Waals surface area contributed by atoms with Crippen molar-refractivity contribution >= 4 is 11.9 Å². The predicted octanol–water partition coefficient (Wildman–Crippen LogP) is 2.88. The highest BCUT2D eigenvalue weighted by atomic mass is 16.5. The fraction of sp³-hybridized carbons (Fsp3) is 0.176. The number of carboxylic acids is 1. The summed E-state index contributed by atoms with van der Waals surface area (Å²) < 4.78 is 14.3. The molecule has 0 bridgehead atoms. The standard InChI is InChI=1S/C9H10O3.C8H8O3/c1-11-8-5-3-4-7(6-8)9(10)12-2;1-11-7-4-2-3-6(5-7)8(9)10/h3-6H,1-2H3;2-5H,1H3,(H,9,10). The largest absolute Gasteiger partial charge is 0.497 e. The van der Waals surface area contributed by atoms with E-state index < -0.39 is 5.97 Å². The van der Waals surface area contributed by atoms with Crippen molar-refractivity contribution < 1.29 is 28.9 Å². The van der Waals surface area contributed by atoms with Crippen LogP contribution in [-0.2, 0) is 4.74 Å². The fourth-order valence-electron chi connectivity index (χ4n) is 1.62. The molecule has 122 valence electrons. The summed E-state index contributed by atoms with van der Waals surface area (Å²) in [6.07, 6.45) is 0. The maximum atomic E-state index is 11.0. The molecule has 0 heterocycles. The molecule has 2 rings (SSSR count). The van der Waals surface area contributed by atoms with Gasteiger partial charge in [0.15, 0.2) is 0 Å². The van der Waals surface area contributed by atoms with Crippen LogP contribution in [0.4, 0.5) is 0 Å². The minimum Gasteiger partial charge on any atom is -0.497 e. The van der Waals surface area contributed by atoms with Crippen molar-refractivity contribution in [3.8, 4) is 11.5 Å². The average molecular weight is 318 g/mol. The lowest BCUT2D eigenvalue weighted by Gasteiger charge is -2.01. The molecule has 2 aromatic carbocycles. The van der Waals surface area contributed by atoms with Crippen LogP contribution in [0.1, 0.15) is 20.7 Å². The Morgan fingerprint density at radius 3 is 1.74 bits per heavy atom. The Morgan fingerprint density at radius 2 is 1.30 bits per heavy atom. The monoisotopic (exact) mass is 318 g/mol. The molecular formula is C17H18O6. The van der Waals surface area contributed by atoms with Crippen LogP contribution in [0, 0.1) is 0 Å². The summed E-state index contributed by atoms with van der Waals surface area (Å²) in [6, 6.07) is 13.2. The molecule has 0 atom stereocenters. The summed E-state index contributed by atoms with van der Waals surface area (Å²) >= 11 is 0. The zero-order valence-corrected chi connectivity index (χ0v) is 13.1. The number of ether oxygens (including phenoxy) is 3. The van der Waals surface area contributed by atoms with Crippen molar-refractivity contribution in [1.29, 1.82) is 0 Å². The number of aromatic carboxylic acids is 1. The minimum absolute atomic E-state index is 0.240. The van der Waals surface area contributed by atoms with E-state index in [2.05, 4.69) is 4.74 Å². The van der Waals surface area contributed by atoms with Crippen LogP contribution in [-0.4, -0.2) is 38.4 Å². The molecule has 6 heteroatoms. The van der Waals surface area contributed by atoms with E-state index >= 15 is 0 Å². The molecule has 0 aliphatic carbocycles. The molecule has 0 fully saturated rings. The molecule has 0 aliphatic rings. The number of carbonyl (C=O) groups excluding carboxylic acids is 1. The van der Waals surface area contributed by atoms with E-state index in [-0.39, 0.29) is 11.5 Å². The van der Waals surface area contributed by atoms with Gasteiger partial charge >= 0.3 is 11.9 Å². The van der Waals surface area contributed by atoms with Gasteiger partial charge in [0.25, 0.3) is 0 Å². The van der Waals surface area contributed by atoms with Gasteiger partial charge in [0.05, 0.1) is 32.5 Å². The summed E-state index contributed by atoms with van der Waals surface area (Å²) in [4.78, 5) is 21.4. The summed E-state index contributed by atoms with van der Waals surface area (Å²) in [6.45, 7) is 0. The number of methoxy groups -OCH3 is 3. The van der Waals surface area contributed by atoms with E-state index in [9.17, 15) is 9.59 Å². The number of hydrogen-bond acceptors (Lipinski definition) is 5. The maximum absolute atomic E-state index is 11.0. The van der Waals surface area contributed by atoms with Gasteiger partial charge in [-0.25, -0.2) is 9.59 Å². The van der Waals surface area contributed by atoms with Gasteiger partial charge in [-0.3, -0.25) is 0 Å². The van der Waals surface area contributed by atoms with Crippen molar-refractivity contribution in [3.05, 3.63) is 59.7 Å². The van der Waals surface area contributed by atoms with Gasteiger partial charge in [-0.15, -0.1) is 0 Å². The topological polar surface area (TPSA) is 82.1 Å². The minimum atomic E-state index is -0.941. The predicted molar refractivity (Wildman–Crippen MR) is 84.3 cm³/mol. The summed E-state index contributed by atoms with van der Waals surface area (Å²) in [7, 11) is 4.40. The molecule has 0 saturated heterocycles. The molecule has 1 N–H and O–H groups in total. The number of carbonyl (C=O) groups is 2. The fourth-order valence-corrected chi connectivity index (χ4v) is 1.62. The van der Waals surface area contributed by atoms with Gasteiger partial charge in [-0.1, -0.05) is 12.1 Å². The molecule has 0 radical (unpaired) electrons. The van der Waals surface area contributed by atoms with Crippen molar-refractivity contribution in [2.24, 2.45) is 0 Å². The smallest absolute Gasteiger partial charge is 0.337 e. The van der Waals surface area contributed by atoms with Crippen LogP contribution in [0.5, 0.6) is 11.5 Å². The van der Waals surface area contributed by atoms with Crippen LogP contribution in [0.3, 0.4) is 0 Å². The van der Waals surface area contributed by atoms with Crippen LogP contribution >= 0.6 is 0 Å². The van der Waals surface area contributed by atoms with Gasteiger partial charge in [0.2, 0.25) is 0 Å². The molecular weight excluding hydrogens is 300 g/mol. The Bertz CT molecular complexity index is 666. The van der Waals surface area contributed by atoms with Gasteiger partial charge < -0.3 is 19.3 Å². The Kier molecular flexibility index (Phi) is 7.13. The molecule has 0 aromatic heterocycles. The quantitative estimate of drug-likeness (QED) is 0.873. The molecule has 0 saturated carbocycles. The van der Waals surface area contributed by atoms with Crippen LogP contribution in [0.25, 0.3) is 0 Å². The Labute approximate surface area is 134 Å². The number of esters is 1. The molecule has 23 heavy (non-hydrogen) atoms. The highest BCUT2D eigenvalue weighted by Crippen LogP contribution is 2.13. The molecule has 0 amide bonds. The highest BCUT2D eigenvalue weighted by molar-refractivity contribution is 5.89. The van der Waals surface area contributed by atoms with Crippen LogP contribution < -0.4 is 9.47 Å². The third-order valence-corrected chi connectivity index (χ3v) is 2.81. The SMILES string of the molecule is COC(=O)c1cccc(OC)c1.COc1cccc(C(=O)O)c1. The first-order chi connectivity index (χ1) is 11.0. The number of hydrogen-bond donors (Lipinski definition) is 1. The molecule has 6 nitrogen and oxygen atoms in total. The summed E-state index contributed by atoms with van der Waals surface area (Å²) in [5, 5.41) is 8.55. The van der Waals surface area contributed by atoms with E-state index in [1.165, 1.54) is 26.4 Å². The second-order valence-electron chi connectivity index (χ2n) is 4.26. The van der Waals surface area contributed by atoms with Gasteiger partial charge in [-0.05, 0) is 36.4 Å². The van der Waals surface area contributed by atoms with Crippen molar-refractivity contribution in [2.45, 2.75) is 0 Å². The van der Waals surface area contributed by atoms with Crippen molar-refractivity contribution in [2.75, 3.05) is 21.3 Å². The Morgan fingerprint density at radius 1 is 0.826 bits per heavy atom. The third kappa shape index (κ3) is 5.70. The average Bonchev–Trinajstić information content (AvgIpc) is 2.61. The highest BCUT2D eigenvalue weighted by Gasteiger charge is 2.04.